The number of carbonyl (C=O) groups excluding carboxylic acids is 1. The summed E-state index contributed by atoms with van der Waals surface area (Å²) in [6.45, 7) is 4.52. The van der Waals surface area contributed by atoms with E-state index >= 15 is 0 Å². The van der Waals surface area contributed by atoms with Crippen LogP contribution in [0.25, 0.3) is 0 Å². The number of rotatable bonds is 3. The van der Waals surface area contributed by atoms with Crippen molar-refractivity contribution in [1.82, 2.24) is 35.6 Å². The maximum absolute atomic E-state index is 12.7. The molecule has 1 amide bonds. The maximum atomic E-state index is 12.7. The molecular formula is C15H21N7O. The second-order valence-electron chi connectivity index (χ2n) is 6.09. The number of hydrogen-bond donors (Lipinski definition) is 3. The lowest BCUT2D eigenvalue weighted by atomic mass is 10.0. The lowest BCUT2D eigenvalue weighted by molar-refractivity contribution is 0.0921. The molecule has 1 atom stereocenters. The summed E-state index contributed by atoms with van der Waals surface area (Å²) in [5.41, 5.74) is 2.55. The Hall–Kier alpha value is -2.22. The smallest absolute Gasteiger partial charge is 0.272 e. The summed E-state index contributed by atoms with van der Waals surface area (Å²) in [4.78, 5) is 17.2. The van der Waals surface area contributed by atoms with Crippen LogP contribution < -0.4 is 10.6 Å². The molecule has 0 bridgehead atoms. The summed E-state index contributed by atoms with van der Waals surface area (Å²) in [5, 5.41) is 18.1. The van der Waals surface area contributed by atoms with Gasteiger partial charge in [0.1, 0.15) is 5.82 Å². The van der Waals surface area contributed by atoms with Crippen molar-refractivity contribution in [2.45, 2.75) is 51.7 Å². The van der Waals surface area contributed by atoms with E-state index in [9.17, 15) is 4.79 Å². The predicted molar refractivity (Wildman–Crippen MR) is 82.8 cm³/mol. The minimum Gasteiger partial charge on any atom is -0.341 e. The SMILES string of the molecule is CCc1nc2n(n1)CCCC2NC(=O)c1n[nH]c2c1CNCC2. The van der Waals surface area contributed by atoms with Crippen molar-refractivity contribution in [3.8, 4) is 0 Å². The number of aromatic nitrogens is 5. The van der Waals surface area contributed by atoms with Crippen molar-refractivity contribution in [2.75, 3.05) is 6.54 Å². The van der Waals surface area contributed by atoms with Crippen molar-refractivity contribution in [2.24, 2.45) is 0 Å². The van der Waals surface area contributed by atoms with Crippen LogP contribution in [0.15, 0.2) is 0 Å². The Morgan fingerprint density at radius 3 is 3.26 bits per heavy atom. The van der Waals surface area contributed by atoms with Crippen LogP contribution in [-0.4, -0.2) is 37.4 Å². The molecule has 0 saturated carbocycles. The third-order valence-corrected chi connectivity index (χ3v) is 4.56. The maximum Gasteiger partial charge on any atom is 0.272 e. The Morgan fingerprint density at radius 1 is 1.48 bits per heavy atom. The van der Waals surface area contributed by atoms with Crippen LogP contribution in [0.3, 0.4) is 0 Å². The van der Waals surface area contributed by atoms with Gasteiger partial charge in [0, 0.05) is 43.7 Å². The number of fused-ring (bicyclic) bond motifs is 2. The largest absolute Gasteiger partial charge is 0.341 e. The van der Waals surface area contributed by atoms with Gasteiger partial charge in [-0.25, -0.2) is 9.67 Å². The van der Waals surface area contributed by atoms with E-state index in [2.05, 4.69) is 30.9 Å². The first-order valence-electron chi connectivity index (χ1n) is 8.27. The molecule has 4 rings (SSSR count). The third kappa shape index (κ3) is 2.52. The average molecular weight is 315 g/mol. The van der Waals surface area contributed by atoms with Crippen molar-refractivity contribution >= 4 is 5.91 Å². The molecule has 2 aromatic heterocycles. The van der Waals surface area contributed by atoms with Crippen LogP contribution in [0.2, 0.25) is 0 Å². The zero-order valence-corrected chi connectivity index (χ0v) is 13.2. The van der Waals surface area contributed by atoms with Crippen LogP contribution in [0.4, 0.5) is 0 Å². The van der Waals surface area contributed by atoms with E-state index in [0.717, 1.165) is 61.7 Å². The van der Waals surface area contributed by atoms with Gasteiger partial charge in [0.2, 0.25) is 0 Å². The molecule has 2 aliphatic heterocycles. The molecule has 8 nitrogen and oxygen atoms in total. The summed E-state index contributed by atoms with van der Waals surface area (Å²) in [6, 6.07) is -0.0899. The van der Waals surface area contributed by atoms with Crippen LogP contribution in [0.5, 0.6) is 0 Å². The van der Waals surface area contributed by atoms with Crippen LogP contribution in [0.1, 0.15) is 59.2 Å². The standard InChI is InChI=1S/C15H21N7O/c1-2-12-18-14-11(4-3-7-22(14)21-12)17-15(23)13-9-8-16-6-5-10(9)19-20-13/h11,16H,2-8H2,1H3,(H,17,23)(H,19,20). The summed E-state index contributed by atoms with van der Waals surface area (Å²) >= 11 is 0. The summed E-state index contributed by atoms with van der Waals surface area (Å²) in [5.74, 6) is 1.57. The van der Waals surface area contributed by atoms with Gasteiger partial charge < -0.3 is 10.6 Å². The zero-order chi connectivity index (χ0) is 15.8. The lowest BCUT2D eigenvalue weighted by Gasteiger charge is -2.23. The van der Waals surface area contributed by atoms with Crippen molar-refractivity contribution in [3.05, 3.63) is 28.6 Å². The Morgan fingerprint density at radius 2 is 2.39 bits per heavy atom. The summed E-state index contributed by atoms with van der Waals surface area (Å²) in [6.07, 6.45) is 3.57. The normalized spacial score (nSPS) is 20.0. The monoisotopic (exact) mass is 315 g/mol. The number of amides is 1. The first kappa shape index (κ1) is 14.4. The molecule has 8 heteroatoms. The molecule has 0 spiro atoms. The van der Waals surface area contributed by atoms with E-state index in [4.69, 9.17) is 0 Å². The molecule has 122 valence electrons. The first-order chi connectivity index (χ1) is 11.3. The number of carbonyl (C=O) groups is 1. The Bertz CT molecular complexity index is 732. The minimum atomic E-state index is -0.134. The molecule has 3 N–H and O–H groups in total. The average Bonchev–Trinajstić information content (AvgIpc) is 3.19. The summed E-state index contributed by atoms with van der Waals surface area (Å²) < 4.78 is 1.93. The highest BCUT2D eigenvalue weighted by Crippen LogP contribution is 2.24. The number of aromatic amines is 1. The number of nitrogens with zero attached hydrogens (tertiary/aromatic N) is 4. The fourth-order valence-corrected chi connectivity index (χ4v) is 3.33. The molecule has 4 heterocycles. The number of H-pyrrole nitrogens is 1. The van der Waals surface area contributed by atoms with Gasteiger partial charge in [-0.2, -0.15) is 10.2 Å². The van der Waals surface area contributed by atoms with Crippen molar-refractivity contribution in [1.29, 1.82) is 0 Å². The molecule has 0 aromatic carbocycles. The third-order valence-electron chi connectivity index (χ3n) is 4.56. The zero-order valence-electron chi connectivity index (χ0n) is 13.2. The minimum absolute atomic E-state index is 0.0899. The van der Waals surface area contributed by atoms with Gasteiger partial charge in [-0.15, -0.1) is 0 Å². The van der Waals surface area contributed by atoms with E-state index in [1.807, 2.05) is 11.6 Å². The topological polar surface area (TPSA) is 101 Å². The van der Waals surface area contributed by atoms with E-state index in [1.165, 1.54) is 0 Å². The van der Waals surface area contributed by atoms with E-state index in [-0.39, 0.29) is 11.9 Å². The molecule has 1 unspecified atom stereocenters. The van der Waals surface area contributed by atoms with E-state index in [0.29, 0.717) is 12.2 Å². The van der Waals surface area contributed by atoms with Gasteiger partial charge >= 0.3 is 0 Å². The molecular weight excluding hydrogens is 294 g/mol. The highest BCUT2D eigenvalue weighted by molar-refractivity contribution is 5.94. The highest BCUT2D eigenvalue weighted by atomic mass is 16.2. The van der Waals surface area contributed by atoms with Gasteiger partial charge in [0.25, 0.3) is 5.91 Å². The molecule has 0 fully saturated rings. The fourth-order valence-electron chi connectivity index (χ4n) is 3.33. The number of aryl methyl sites for hydroxylation is 2. The number of nitrogens with one attached hydrogen (secondary N) is 3. The first-order valence-corrected chi connectivity index (χ1v) is 8.27. The Kier molecular flexibility index (Phi) is 3.60. The van der Waals surface area contributed by atoms with Gasteiger partial charge in [-0.05, 0) is 12.8 Å². The Labute approximate surface area is 134 Å². The molecule has 2 aromatic rings. The predicted octanol–water partition coefficient (Wildman–Crippen LogP) is 0.474. The molecule has 0 aliphatic carbocycles. The molecule has 2 aliphatic rings. The second-order valence-corrected chi connectivity index (χ2v) is 6.09. The van der Waals surface area contributed by atoms with Crippen LogP contribution in [-0.2, 0) is 25.9 Å². The molecule has 23 heavy (non-hydrogen) atoms. The Balaban J connectivity index is 1.56. The molecule has 0 radical (unpaired) electrons. The molecule has 0 saturated heterocycles. The van der Waals surface area contributed by atoms with E-state index in [1.54, 1.807) is 0 Å². The number of hydrogen-bond acceptors (Lipinski definition) is 5. The highest BCUT2D eigenvalue weighted by Gasteiger charge is 2.28. The quantitative estimate of drug-likeness (QED) is 0.764. The fraction of sp³-hybridized carbons (Fsp3) is 0.600. The van der Waals surface area contributed by atoms with Gasteiger partial charge in [0.15, 0.2) is 11.5 Å². The van der Waals surface area contributed by atoms with Gasteiger partial charge in [-0.3, -0.25) is 9.89 Å². The van der Waals surface area contributed by atoms with Gasteiger partial charge in [-0.1, -0.05) is 6.92 Å². The summed E-state index contributed by atoms with van der Waals surface area (Å²) in [7, 11) is 0. The second kappa shape index (κ2) is 5.77. The van der Waals surface area contributed by atoms with Crippen molar-refractivity contribution < 1.29 is 4.79 Å². The van der Waals surface area contributed by atoms with Crippen LogP contribution >= 0.6 is 0 Å². The van der Waals surface area contributed by atoms with Crippen LogP contribution in [0, 0.1) is 0 Å². The van der Waals surface area contributed by atoms with Gasteiger partial charge in [0.05, 0.1) is 6.04 Å². The lowest BCUT2D eigenvalue weighted by Crippen LogP contribution is -2.34. The van der Waals surface area contributed by atoms with Crippen molar-refractivity contribution in [3.63, 3.8) is 0 Å². The van der Waals surface area contributed by atoms with E-state index < -0.39 is 0 Å².